The molecule has 0 aliphatic heterocycles. The molecule has 2 unspecified atom stereocenters. The van der Waals surface area contributed by atoms with Crippen LogP contribution in [0.3, 0.4) is 0 Å². The molecular weight excluding hydrogens is 356 g/mol. The van der Waals surface area contributed by atoms with Gasteiger partial charge in [0.05, 0.1) is 10.8 Å². The Bertz CT molecular complexity index is 712. The fourth-order valence-corrected chi connectivity index (χ4v) is 3.92. The normalized spacial score (nSPS) is 14.0. The van der Waals surface area contributed by atoms with Gasteiger partial charge in [-0.1, -0.05) is 26.0 Å². The molecule has 0 radical (unpaired) electrons. The molecule has 8 heteroatoms. The number of hydrogen-bond donors (Lipinski definition) is 2. The van der Waals surface area contributed by atoms with Crippen LogP contribution in [-0.2, 0) is 26.0 Å². The highest BCUT2D eigenvalue weighted by Crippen LogP contribution is 2.17. The van der Waals surface area contributed by atoms with Gasteiger partial charge in [-0.3, -0.25) is 9.59 Å². The third-order valence-electron chi connectivity index (χ3n) is 4.44. The zero-order valence-electron chi connectivity index (χ0n) is 15.7. The number of hydrogen-bond acceptors (Lipinski definition) is 4. The summed E-state index contributed by atoms with van der Waals surface area (Å²) in [7, 11) is -3.48. The third-order valence-corrected chi connectivity index (χ3v) is 6.50. The highest BCUT2D eigenvalue weighted by Gasteiger charge is 2.22. The molecule has 7 nitrogen and oxygen atoms in total. The van der Waals surface area contributed by atoms with E-state index in [4.69, 9.17) is 5.11 Å². The molecule has 1 amide bonds. The summed E-state index contributed by atoms with van der Waals surface area (Å²) in [5, 5.41) is 11.6. The first-order chi connectivity index (χ1) is 12.1. The number of carbonyl (C=O) groups is 2. The summed E-state index contributed by atoms with van der Waals surface area (Å²) < 4.78 is 26.2. The van der Waals surface area contributed by atoms with Crippen molar-refractivity contribution in [1.29, 1.82) is 0 Å². The van der Waals surface area contributed by atoms with Crippen molar-refractivity contribution in [2.75, 3.05) is 13.1 Å². The molecule has 0 spiro atoms. The van der Waals surface area contributed by atoms with E-state index < -0.39 is 28.0 Å². The Labute approximate surface area is 155 Å². The molecule has 0 bridgehead atoms. The van der Waals surface area contributed by atoms with E-state index in [2.05, 4.69) is 5.32 Å². The van der Waals surface area contributed by atoms with Gasteiger partial charge in [0, 0.05) is 25.6 Å². The van der Waals surface area contributed by atoms with Crippen molar-refractivity contribution in [3.05, 3.63) is 29.8 Å². The van der Waals surface area contributed by atoms with E-state index in [1.54, 1.807) is 52.0 Å². The van der Waals surface area contributed by atoms with Crippen molar-refractivity contribution in [2.24, 2.45) is 5.92 Å². The molecule has 0 saturated carbocycles. The monoisotopic (exact) mass is 384 g/mol. The molecule has 146 valence electrons. The average Bonchev–Trinajstić information content (AvgIpc) is 2.60. The number of sulfonamides is 1. The third kappa shape index (κ3) is 5.81. The van der Waals surface area contributed by atoms with Crippen molar-refractivity contribution < 1.29 is 23.1 Å². The van der Waals surface area contributed by atoms with Gasteiger partial charge in [0.15, 0.2) is 0 Å². The second-order valence-corrected chi connectivity index (χ2v) is 8.15. The average molecular weight is 384 g/mol. The highest BCUT2D eigenvalue weighted by molar-refractivity contribution is 7.89. The maximum absolute atomic E-state index is 12.4. The van der Waals surface area contributed by atoms with E-state index in [1.807, 2.05) is 0 Å². The lowest BCUT2D eigenvalue weighted by Gasteiger charge is -2.18. The van der Waals surface area contributed by atoms with Crippen LogP contribution >= 0.6 is 0 Å². The first-order valence-corrected chi connectivity index (χ1v) is 10.2. The summed E-state index contributed by atoms with van der Waals surface area (Å²) in [5.74, 6) is -1.85. The summed E-state index contributed by atoms with van der Waals surface area (Å²) in [6.07, 6.45) is 0.657. The Morgan fingerprint density at radius 3 is 2.12 bits per heavy atom. The first-order valence-electron chi connectivity index (χ1n) is 8.74. The predicted molar refractivity (Wildman–Crippen MR) is 99.3 cm³/mol. The first kappa shape index (κ1) is 22.1. The van der Waals surface area contributed by atoms with Crippen molar-refractivity contribution in [1.82, 2.24) is 9.62 Å². The smallest absolute Gasteiger partial charge is 0.308 e. The van der Waals surface area contributed by atoms with E-state index in [1.165, 1.54) is 4.31 Å². The Hall–Kier alpha value is -1.93. The van der Waals surface area contributed by atoms with Gasteiger partial charge >= 0.3 is 5.97 Å². The molecule has 2 N–H and O–H groups in total. The van der Waals surface area contributed by atoms with Gasteiger partial charge in [-0.15, -0.1) is 0 Å². The molecular formula is C18H28N2O5S. The van der Waals surface area contributed by atoms with Crippen LogP contribution in [0.4, 0.5) is 0 Å². The SMILES string of the molecule is CCN(CC)S(=O)(=O)c1ccc(CCC(=O)NC(C)C(C)C(=O)O)cc1. The van der Waals surface area contributed by atoms with Crippen molar-refractivity contribution in [3.63, 3.8) is 0 Å². The standard InChI is InChI=1S/C18H28N2O5S/c1-5-20(6-2)26(24,25)16-10-7-15(8-11-16)9-12-17(21)19-14(4)13(3)18(22)23/h7-8,10-11,13-14H,5-6,9,12H2,1-4H3,(H,19,21)(H,22,23). The Kier molecular flexibility index (Phi) is 8.23. The maximum Gasteiger partial charge on any atom is 0.308 e. The molecule has 1 aromatic carbocycles. The van der Waals surface area contributed by atoms with Crippen LogP contribution in [0.2, 0.25) is 0 Å². The minimum Gasteiger partial charge on any atom is -0.481 e. The van der Waals surface area contributed by atoms with Gasteiger partial charge in [-0.25, -0.2) is 8.42 Å². The molecule has 0 heterocycles. The molecule has 1 rings (SSSR count). The van der Waals surface area contributed by atoms with Crippen LogP contribution in [0.1, 0.15) is 39.7 Å². The molecule has 2 atom stereocenters. The number of nitrogens with zero attached hydrogens (tertiary/aromatic N) is 1. The van der Waals surface area contributed by atoms with Gasteiger partial charge in [0.2, 0.25) is 15.9 Å². The maximum atomic E-state index is 12.4. The summed E-state index contributed by atoms with van der Waals surface area (Å²) >= 11 is 0. The number of amides is 1. The van der Waals surface area contributed by atoms with E-state index in [0.717, 1.165) is 5.56 Å². The number of carboxylic acid groups (broad SMARTS) is 1. The van der Waals surface area contributed by atoms with Crippen molar-refractivity contribution in [3.8, 4) is 0 Å². The van der Waals surface area contributed by atoms with Gasteiger partial charge in [0.25, 0.3) is 0 Å². The summed E-state index contributed by atoms with van der Waals surface area (Å²) in [6, 6.07) is 6.05. The lowest BCUT2D eigenvalue weighted by Crippen LogP contribution is -2.40. The number of nitrogens with one attached hydrogen (secondary N) is 1. The van der Waals surface area contributed by atoms with E-state index in [0.29, 0.717) is 19.5 Å². The zero-order valence-corrected chi connectivity index (χ0v) is 16.5. The second-order valence-electron chi connectivity index (χ2n) is 6.22. The number of aryl methyl sites for hydroxylation is 1. The van der Waals surface area contributed by atoms with Gasteiger partial charge < -0.3 is 10.4 Å². The number of carboxylic acids is 1. The number of carbonyl (C=O) groups excluding carboxylic acids is 1. The largest absolute Gasteiger partial charge is 0.481 e. The van der Waals surface area contributed by atoms with Crippen LogP contribution in [0.15, 0.2) is 29.2 Å². The molecule has 1 aromatic rings. The van der Waals surface area contributed by atoms with Crippen LogP contribution in [-0.4, -0.2) is 48.8 Å². The van der Waals surface area contributed by atoms with Crippen molar-refractivity contribution in [2.45, 2.75) is 51.5 Å². The quantitative estimate of drug-likeness (QED) is 0.641. The zero-order chi connectivity index (χ0) is 19.9. The number of benzene rings is 1. The molecule has 0 aliphatic carbocycles. The van der Waals surface area contributed by atoms with Crippen molar-refractivity contribution >= 4 is 21.9 Å². The highest BCUT2D eigenvalue weighted by atomic mass is 32.2. The number of aliphatic carboxylic acids is 1. The van der Waals surface area contributed by atoms with E-state index in [-0.39, 0.29) is 17.2 Å². The Morgan fingerprint density at radius 1 is 1.12 bits per heavy atom. The fourth-order valence-electron chi connectivity index (χ4n) is 2.46. The second kappa shape index (κ2) is 9.68. The van der Waals surface area contributed by atoms with E-state index >= 15 is 0 Å². The number of rotatable bonds is 10. The van der Waals surface area contributed by atoms with Crippen LogP contribution in [0.25, 0.3) is 0 Å². The van der Waals surface area contributed by atoms with Crippen LogP contribution in [0.5, 0.6) is 0 Å². The molecule has 0 aromatic heterocycles. The lowest BCUT2D eigenvalue weighted by molar-refractivity contribution is -0.142. The summed E-state index contributed by atoms with van der Waals surface area (Å²) in [4.78, 5) is 23.1. The van der Waals surface area contributed by atoms with Gasteiger partial charge in [-0.05, 0) is 38.0 Å². The Morgan fingerprint density at radius 2 is 1.65 bits per heavy atom. The van der Waals surface area contributed by atoms with Crippen LogP contribution < -0.4 is 5.32 Å². The summed E-state index contributed by atoms with van der Waals surface area (Å²) in [5.41, 5.74) is 0.845. The fraction of sp³-hybridized carbons (Fsp3) is 0.556. The van der Waals surface area contributed by atoms with Crippen LogP contribution in [0, 0.1) is 5.92 Å². The minimum atomic E-state index is -3.48. The minimum absolute atomic E-state index is 0.207. The molecule has 0 aliphatic rings. The molecule has 0 saturated heterocycles. The van der Waals surface area contributed by atoms with E-state index in [9.17, 15) is 18.0 Å². The molecule has 26 heavy (non-hydrogen) atoms. The predicted octanol–water partition coefficient (Wildman–Crippen LogP) is 1.88. The lowest BCUT2D eigenvalue weighted by atomic mass is 10.0. The van der Waals surface area contributed by atoms with Gasteiger partial charge in [-0.2, -0.15) is 4.31 Å². The topological polar surface area (TPSA) is 104 Å². The molecule has 0 fully saturated rings. The summed E-state index contributed by atoms with van der Waals surface area (Å²) in [6.45, 7) is 7.60. The van der Waals surface area contributed by atoms with Gasteiger partial charge in [0.1, 0.15) is 0 Å². The Balaban J connectivity index is 2.65.